The molecular weight excluding hydrogens is 256 g/mol. The maximum Gasteiger partial charge on any atom is 0.310 e. The standard InChI is InChI=1S/C15H22N2O3/c1-14(2,3)10-6-7-11(16-8-10)12(18)17-9-15(4,5)13(19)20/h6-8H,9H2,1-5H3,(H,17,18)(H,19,20). The number of carbonyl (C=O) groups excluding carboxylic acids is 1. The van der Waals surface area contributed by atoms with E-state index in [9.17, 15) is 9.59 Å². The van der Waals surface area contributed by atoms with Gasteiger partial charge in [0.05, 0.1) is 5.41 Å². The molecule has 0 unspecified atom stereocenters. The van der Waals surface area contributed by atoms with Crippen LogP contribution in [-0.4, -0.2) is 28.5 Å². The number of hydrogen-bond donors (Lipinski definition) is 2. The molecule has 1 aromatic heterocycles. The van der Waals surface area contributed by atoms with Crippen LogP contribution in [0.3, 0.4) is 0 Å². The lowest BCUT2D eigenvalue weighted by Gasteiger charge is -2.20. The first-order valence-electron chi connectivity index (χ1n) is 6.52. The van der Waals surface area contributed by atoms with E-state index in [0.717, 1.165) is 5.56 Å². The van der Waals surface area contributed by atoms with Crippen LogP contribution in [-0.2, 0) is 10.2 Å². The molecule has 0 spiro atoms. The van der Waals surface area contributed by atoms with Crippen molar-refractivity contribution in [2.45, 2.75) is 40.0 Å². The number of aliphatic carboxylic acids is 1. The van der Waals surface area contributed by atoms with Crippen molar-refractivity contribution in [1.29, 1.82) is 0 Å². The summed E-state index contributed by atoms with van der Waals surface area (Å²) < 4.78 is 0. The van der Waals surface area contributed by atoms with Crippen LogP contribution in [0.1, 0.15) is 50.7 Å². The van der Waals surface area contributed by atoms with Crippen LogP contribution >= 0.6 is 0 Å². The third kappa shape index (κ3) is 4.05. The van der Waals surface area contributed by atoms with Gasteiger partial charge in [-0.15, -0.1) is 0 Å². The molecule has 110 valence electrons. The van der Waals surface area contributed by atoms with Gasteiger partial charge in [0.2, 0.25) is 0 Å². The lowest BCUT2D eigenvalue weighted by molar-refractivity contribution is -0.146. The third-order valence-corrected chi connectivity index (χ3v) is 3.13. The maximum absolute atomic E-state index is 11.9. The fraction of sp³-hybridized carbons (Fsp3) is 0.533. The predicted octanol–water partition coefficient (Wildman–Crippen LogP) is 2.22. The smallest absolute Gasteiger partial charge is 0.310 e. The number of amides is 1. The normalized spacial score (nSPS) is 12.1. The van der Waals surface area contributed by atoms with Crippen LogP contribution in [0.5, 0.6) is 0 Å². The summed E-state index contributed by atoms with van der Waals surface area (Å²) in [6, 6.07) is 3.52. The molecule has 0 radical (unpaired) electrons. The molecule has 1 rings (SSSR count). The fourth-order valence-electron chi connectivity index (χ4n) is 1.44. The predicted molar refractivity (Wildman–Crippen MR) is 76.7 cm³/mol. The van der Waals surface area contributed by atoms with Crippen molar-refractivity contribution < 1.29 is 14.7 Å². The van der Waals surface area contributed by atoms with Gasteiger partial charge in [0.15, 0.2) is 0 Å². The monoisotopic (exact) mass is 278 g/mol. The average molecular weight is 278 g/mol. The Morgan fingerprint density at radius 3 is 2.20 bits per heavy atom. The van der Waals surface area contributed by atoms with E-state index in [-0.39, 0.29) is 17.9 Å². The van der Waals surface area contributed by atoms with Crippen molar-refractivity contribution in [3.05, 3.63) is 29.6 Å². The number of rotatable bonds is 4. The Morgan fingerprint density at radius 2 is 1.80 bits per heavy atom. The number of carbonyl (C=O) groups is 2. The van der Waals surface area contributed by atoms with Crippen LogP contribution in [0.15, 0.2) is 18.3 Å². The Labute approximate surface area is 119 Å². The molecule has 0 saturated heterocycles. The van der Waals surface area contributed by atoms with Crippen LogP contribution in [0.25, 0.3) is 0 Å². The Hall–Kier alpha value is -1.91. The first-order valence-corrected chi connectivity index (χ1v) is 6.52. The Bertz CT molecular complexity index is 499. The Balaban J connectivity index is 2.72. The molecule has 0 atom stereocenters. The molecule has 1 heterocycles. The van der Waals surface area contributed by atoms with Gasteiger partial charge in [0, 0.05) is 12.7 Å². The van der Waals surface area contributed by atoms with Gasteiger partial charge in [-0.3, -0.25) is 14.6 Å². The van der Waals surface area contributed by atoms with E-state index in [0.29, 0.717) is 5.69 Å². The summed E-state index contributed by atoms with van der Waals surface area (Å²) in [6.45, 7) is 9.39. The molecule has 0 aliphatic heterocycles. The molecule has 5 nitrogen and oxygen atoms in total. The van der Waals surface area contributed by atoms with Crippen LogP contribution in [0.4, 0.5) is 0 Å². The van der Waals surface area contributed by atoms with E-state index >= 15 is 0 Å². The molecule has 2 N–H and O–H groups in total. The summed E-state index contributed by atoms with van der Waals surface area (Å²) in [5, 5.41) is 11.6. The lowest BCUT2D eigenvalue weighted by atomic mass is 9.88. The number of nitrogens with zero attached hydrogens (tertiary/aromatic N) is 1. The minimum Gasteiger partial charge on any atom is -0.481 e. The topological polar surface area (TPSA) is 79.3 Å². The van der Waals surface area contributed by atoms with Gasteiger partial charge in [0.1, 0.15) is 5.69 Å². The lowest BCUT2D eigenvalue weighted by Crippen LogP contribution is -2.39. The summed E-state index contributed by atoms with van der Waals surface area (Å²) in [5.74, 6) is -1.31. The molecular formula is C15H22N2O3. The molecule has 5 heteroatoms. The van der Waals surface area contributed by atoms with E-state index in [1.165, 1.54) is 0 Å². The third-order valence-electron chi connectivity index (χ3n) is 3.13. The van der Waals surface area contributed by atoms with Gasteiger partial charge in [-0.2, -0.15) is 0 Å². The van der Waals surface area contributed by atoms with E-state index in [1.807, 2.05) is 6.07 Å². The Kier molecular flexibility index (Phi) is 4.53. The Morgan fingerprint density at radius 1 is 1.20 bits per heavy atom. The van der Waals surface area contributed by atoms with Gasteiger partial charge < -0.3 is 10.4 Å². The van der Waals surface area contributed by atoms with Gasteiger partial charge >= 0.3 is 5.97 Å². The molecule has 0 aromatic carbocycles. The van der Waals surface area contributed by atoms with Crippen molar-refractivity contribution in [3.63, 3.8) is 0 Å². The zero-order valence-corrected chi connectivity index (χ0v) is 12.7. The molecule has 1 amide bonds. The number of nitrogens with one attached hydrogen (secondary N) is 1. The second kappa shape index (κ2) is 5.61. The van der Waals surface area contributed by atoms with Crippen LogP contribution in [0, 0.1) is 5.41 Å². The van der Waals surface area contributed by atoms with Crippen LogP contribution in [0.2, 0.25) is 0 Å². The van der Waals surface area contributed by atoms with Gasteiger partial charge in [-0.1, -0.05) is 26.8 Å². The fourth-order valence-corrected chi connectivity index (χ4v) is 1.44. The van der Waals surface area contributed by atoms with Crippen molar-refractivity contribution in [2.24, 2.45) is 5.41 Å². The minimum absolute atomic E-state index is 0.0205. The summed E-state index contributed by atoms with van der Waals surface area (Å²) in [5.41, 5.74) is 0.313. The van der Waals surface area contributed by atoms with E-state index in [1.54, 1.807) is 26.1 Å². The summed E-state index contributed by atoms with van der Waals surface area (Å²) >= 11 is 0. The zero-order valence-electron chi connectivity index (χ0n) is 12.7. The number of carboxylic acids is 1. The van der Waals surface area contributed by atoms with Crippen molar-refractivity contribution in [3.8, 4) is 0 Å². The molecule has 0 aliphatic rings. The van der Waals surface area contributed by atoms with Crippen LogP contribution < -0.4 is 5.32 Å². The molecule has 0 fully saturated rings. The quantitative estimate of drug-likeness (QED) is 0.885. The molecule has 0 saturated carbocycles. The zero-order chi connectivity index (χ0) is 15.6. The number of carboxylic acid groups (broad SMARTS) is 1. The van der Waals surface area contributed by atoms with Crippen molar-refractivity contribution in [1.82, 2.24) is 10.3 Å². The van der Waals surface area contributed by atoms with Gasteiger partial charge in [-0.25, -0.2) is 0 Å². The summed E-state index contributed by atoms with van der Waals surface area (Å²) in [6.07, 6.45) is 1.68. The molecule has 20 heavy (non-hydrogen) atoms. The minimum atomic E-state index is -0.999. The molecule has 0 aliphatic carbocycles. The average Bonchev–Trinajstić information content (AvgIpc) is 2.35. The number of pyridine rings is 1. The second-order valence-corrected chi connectivity index (χ2v) is 6.55. The second-order valence-electron chi connectivity index (χ2n) is 6.55. The maximum atomic E-state index is 11.9. The van der Waals surface area contributed by atoms with E-state index < -0.39 is 11.4 Å². The first kappa shape index (κ1) is 16.1. The highest BCUT2D eigenvalue weighted by atomic mass is 16.4. The van der Waals surface area contributed by atoms with E-state index in [2.05, 4.69) is 31.1 Å². The van der Waals surface area contributed by atoms with Gasteiger partial charge in [0.25, 0.3) is 5.91 Å². The van der Waals surface area contributed by atoms with E-state index in [4.69, 9.17) is 5.11 Å². The largest absolute Gasteiger partial charge is 0.481 e. The molecule has 0 bridgehead atoms. The van der Waals surface area contributed by atoms with Crippen molar-refractivity contribution >= 4 is 11.9 Å². The highest BCUT2D eigenvalue weighted by Gasteiger charge is 2.27. The summed E-state index contributed by atoms with van der Waals surface area (Å²) in [7, 11) is 0. The number of hydrogen-bond acceptors (Lipinski definition) is 3. The first-order chi connectivity index (χ1) is 9.04. The van der Waals surface area contributed by atoms with Gasteiger partial charge in [-0.05, 0) is 30.9 Å². The number of aromatic nitrogens is 1. The van der Waals surface area contributed by atoms with Crippen molar-refractivity contribution in [2.75, 3.05) is 6.54 Å². The SMILES string of the molecule is CC(C)(CNC(=O)c1ccc(C(C)(C)C)cn1)C(=O)O. The molecule has 1 aromatic rings. The highest BCUT2D eigenvalue weighted by molar-refractivity contribution is 5.92. The highest BCUT2D eigenvalue weighted by Crippen LogP contribution is 2.21. The summed E-state index contributed by atoms with van der Waals surface area (Å²) in [4.78, 5) is 27.0.